The molecule has 1 saturated heterocycles. The van der Waals surface area contributed by atoms with Gasteiger partial charge in [0, 0.05) is 12.6 Å². The molecule has 110 valence electrons. The number of nitrogens with one attached hydrogen (secondary N) is 1. The Balaban J connectivity index is 1.70. The van der Waals surface area contributed by atoms with Crippen molar-refractivity contribution in [2.45, 2.75) is 25.8 Å². The van der Waals surface area contributed by atoms with Crippen molar-refractivity contribution in [3.63, 3.8) is 0 Å². The van der Waals surface area contributed by atoms with E-state index >= 15 is 0 Å². The molecule has 1 aliphatic rings. The van der Waals surface area contributed by atoms with Crippen LogP contribution in [0.25, 0.3) is 0 Å². The molecular formula is C16H24N2O2. The molecule has 0 spiro atoms. The fraction of sp³-hybridized carbons (Fsp3) is 0.562. The first-order chi connectivity index (χ1) is 9.70. The summed E-state index contributed by atoms with van der Waals surface area (Å²) in [5, 5.41) is 12.3. The minimum absolute atomic E-state index is 0.0495. The molecule has 1 aliphatic heterocycles. The van der Waals surface area contributed by atoms with Crippen LogP contribution in [0.4, 0.5) is 0 Å². The monoisotopic (exact) mass is 276 g/mol. The van der Waals surface area contributed by atoms with E-state index in [1.165, 1.54) is 5.56 Å². The predicted octanol–water partition coefficient (Wildman–Crippen LogP) is 1.05. The zero-order valence-electron chi connectivity index (χ0n) is 12.1. The lowest BCUT2D eigenvalue weighted by atomic mass is 10.0. The number of nitrogens with zero attached hydrogens (tertiary/aromatic N) is 1. The third kappa shape index (κ3) is 4.05. The van der Waals surface area contributed by atoms with Crippen molar-refractivity contribution < 1.29 is 9.90 Å². The lowest BCUT2D eigenvalue weighted by Gasteiger charge is -2.24. The van der Waals surface area contributed by atoms with E-state index in [0.29, 0.717) is 19.0 Å². The van der Waals surface area contributed by atoms with Gasteiger partial charge in [-0.15, -0.1) is 0 Å². The van der Waals surface area contributed by atoms with Crippen LogP contribution in [-0.4, -0.2) is 48.2 Å². The van der Waals surface area contributed by atoms with E-state index < -0.39 is 0 Å². The molecule has 0 bridgehead atoms. The first-order valence-electron chi connectivity index (χ1n) is 7.36. The fourth-order valence-electron chi connectivity index (χ4n) is 2.81. The van der Waals surface area contributed by atoms with Gasteiger partial charge >= 0.3 is 0 Å². The van der Waals surface area contributed by atoms with E-state index in [1.54, 1.807) is 0 Å². The van der Waals surface area contributed by atoms with Gasteiger partial charge in [-0.2, -0.15) is 0 Å². The summed E-state index contributed by atoms with van der Waals surface area (Å²) in [6.45, 7) is 4.23. The fourth-order valence-corrected chi connectivity index (χ4v) is 2.81. The molecule has 1 aromatic rings. The van der Waals surface area contributed by atoms with Gasteiger partial charge in [-0.1, -0.05) is 37.3 Å². The van der Waals surface area contributed by atoms with Crippen molar-refractivity contribution in [3.8, 4) is 0 Å². The molecule has 2 N–H and O–H groups in total. The molecule has 1 aromatic carbocycles. The van der Waals surface area contributed by atoms with Gasteiger partial charge in [0.25, 0.3) is 0 Å². The van der Waals surface area contributed by atoms with E-state index in [4.69, 9.17) is 0 Å². The number of carbonyl (C=O) groups is 1. The number of benzene rings is 1. The summed E-state index contributed by atoms with van der Waals surface area (Å²) in [5.41, 5.74) is 1.23. The summed E-state index contributed by atoms with van der Waals surface area (Å²) in [6, 6.07) is 10.3. The van der Waals surface area contributed by atoms with Gasteiger partial charge in [-0.25, -0.2) is 0 Å². The number of aliphatic hydroxyl groups excluding tert-OH is 1. The van der Waals surface area contributed by atoms with E-state index in [0.717, 1.165) is 19.4 Å². The second-order valence-electron chi connectivity index (χ2n) is 5.57. The van der Waals surface area contributed by atoms with E-state index in [2.05, 4.69) is 29.3 Å². The van der Waals surface area contributed by atoms with Crippen molar-refractivity contribution in [3.05, 3.63) is 35.9 Å². The summed E-state index contributed by atoms with van der Waals surface area (Å²) in [5.74, 6) is 0.519. The molecule has 1 heterocycles. The second kappa shape index (κ2) is 7.41. The van der Waals surface area contributed by atoms with Gasteiger partial charge in [0.1, 0.15) is 0 Å². The standard InChI is InChI=1S/C16H24N2O2/c1-13-8-10-18(15(13)12-19)11-16(20)17-9-7-14-5-3-2-4-6-14/h2-6,13,15,19H,7-12H2,1H3,(H,17,20). The lowest BCUT2D eigenvalue weighted by Crippen LogP contribution is -2.42. The topological polar surface area (TPSA) is 52.6 Å². The van der Waals surface area contributed by atoms with Crippen molar-refractivity contribution in [2.24, 2.45) is 5.92 Å². The number of aliphatic hydroxyl groups is 1. The van der Waals surface area contributed by atoms with Gasteiger partial charge < -0.3 is 10.4 Å². The Morgan fingerprint density at radius 1 is 1.40 bits per heavy atom. The molecule has 2 atom stereocenters. The number of likely N-dealkylation sites (tertiary alicyclic amines) is 1. The Hall–Kier alpha value is -1.39. The van der Waals surface area contributed by atoms with Crippen molar-refractivity contribution >= 4 is 5.91 Å². The van der Waals surface area contributed by atoms with Crippen molar-refractivity contribution in [1.29, 1.82) is 0 Å². The lowest BCUT2D eigenvalue weighted by molar-refractivity contribution is -0.122. The molecule has 0 saturated carbocycles. The number of rotatable bonds is 6. The Labute approximate surface area is 120 Å². The second-order valence-corrected chi connectivity index (χ2v) is 5.57. The first-order valence-corrected chi connectivity index (χ1v) is 7.36. The quantitative estimate of drug-likeness (QED) is 0.816. The van der Waals surface area contributed by atoms with Crippen molar-refractivity contribution in [2.75, 3.05) is 26.2 Å². The normalized spacial score (nSPS) is 22.9. The summed E-state index contributed by atoms with van der Waals surface area (Å²) in [4.78, 5) is 14.0. The SMILES string of the molecule is CC1CCN(CC(=O)NCCc2ccccc2)C1CO. The van der Waals surface area contributed by atoms with Crippen LogP contribution in [-0.2, 0) is 11.2 Å². The molecule has 0 radical (unpaired) electrons. The molecular weight excluding hydrogens is 252 g/mol. The van der Waals surface area contributed by atoms with Crippen LogP contribution < -0.4 is 5.32 Å². The minimum atomic E-state index is 0.0495. The Morgan fingerprint density at radius 3 is 2.85 bits per heavy atom. The largest absolute Gasteiger partial charge is 0.395 e. The van der Waals surface area contributed by atoms with Crippen LogP contribution >= 0.6 is 0 Å². The highest BCUT2D eigenvalue weighted by Gasteiger charge is 2.31. The molecule has 20 heavy (non-hydrogen) atoms. The maximum absolute atomic E-state index is 11.9. The third-order valence-corrected chi connectivity index (χ3v) is 4.11. The van der Waals surface area contributed by atoms with Crippen molar-refractivity contribution in [1.82, 2.24) is 10.2 Å². The van der Waals surface area contributed by atoms with E-state index in [-0.39, 0.29) is 18.6 Å². The molecule has 1 amide bonds. The van der Waals surface area contributed by atoms with Crippen LogP contribution in [0.5, 0.6) is 0 Å². The molecule has 2 rings (SSSR count). The number of hydrogen-bond acceptors (Lipinski definition) is 3. The van der Waals surface area contributed by atoms with Gasteiger partial charge in [0.2, 0.25) is 5.91 Å². The average molecular weight is 276 g/mol. The maximum atomic E-state index is 11.9. The first kappa shape index (κ1) is 15.0. The zero-order valence-corrected chi connectivity index (χ0v) is 12.1. The molecule has 2 unspecified atom stereocenters. The Kier molecular flexibility index (Phi) is 5.56. The molecule has 4 heteroatoms. The third-order valence-electron chi connectivity index (χ3n) is 4.11. The van der Waals surface area contributed by atoms with E-state index in [9.17, 15) is 9.90 Å². The van der Waals surface area contributed by atoms with E-state index in [1.807, 2.05) is 18.2 Å². The van der Waals surface area contributed by atoms with Crippen LogP contribution in [0.1, 0.15) is 18.9 Å². The molecule has 0 aliphatic carbocycles. The van der Waals surface area contributed by atoms with Crippen LogP contribution in [0.15, 0.2) is 30.3 Å². The van der Waals surface area contributed by atoms with Crippen LogP contribution in [0, 0.1) is 5.92 Å². The van der Waals surface area contributed by atoms with Gasteiger partial charge in [0.15, 0.2) is 0 Å². The van der Waals surface area contributed by atoms with Crippen LogP contribution in [0.3, 0.4) is 0 Å². The summed E-state index contributed by atoms with van der Waals surface area (Å²) in [7, 11) is 0. The maximum Gasteiger partial charge on any atom is 0.234 e. The van der Waals surface area contributed by atoms with Gasteiger partial charge in [0.05, 0.1) is 13.2 Å². The predicted molar refractivity (Wildman–Crippen MR) is 79.4 cm³/mol. The summed E-state index contributed by atoms with van der Waals surface area (Å²) >= 11 is 0. The zero-order chi connectivity index (χ0) is 14.4. The van der Waals surface area contributed by atoms with Crippen LogP contribution in [0.2, 0.25) is 0 Å². The number of carbonyl (C=O) groups excluding carboxylic acids is 1. The highest BCUT2D eigenvalue weighted by molar-refractivity contribution is 5.78. The molecule has 4 nitrogen and oxygen atoms in total. The highest BCUT2D eigenvalue weighted by Crippen LogP contribution is 2.22. The molecule has 0 aromatic heterocycles. The smallest absolute Gasteiger partial charge is 0.234 e. The Morgan fingerprint density at radius 2 is 2.15 bits per heavy atom. The van der Waals surface area contributed by atoms with Gasteiger partial charge in [-0.05, 0) is 30.9 Å². The average Bonchev–Trinajstić information content (AvgIpc) is 2.80. The number of hydrogen-bond donors (Lipinski definition) is 2. The summed E-state index contributed by atoms with van der Waals surface area (Å²) < 4.78 is 0. The van der Waals surface area contributed by atoms with Gasteiger partial charge in [-0.3, -0.25) is 9.69 Å². The highest BCUT2D eigenvalue weighted by atomic mass is 16.3. The number of amides is 1. The molecule has 1 fully saturated rings. The summed E-state index contributed by atoms with van der Waals surface area (Å²) in [6.07, 6.45) is 1.91. The Bertz CT molecular complexity index is 422. The minimum Gasteiger partial charge on any atom is -0.395 e.